The number of nitrogens with zero attached hydrogens (tertiary/aromatic N) is 2. The first-order chi connectivity index (χ1) is 25.8. The lowest BCUT2D eigenvalue weighted by Gasteiger charge is -2.53. The topological polar surface area (TPSA) is 23.6 Å². The number of ketones is 1. The van der Waals surface area contributed by atoms with Gasteiger partial charge in [0.1, 0.15) is 0 Å². The lowest BCUT2D eigenvalue weighted by atomic mass is 9.56. The van der Waals surface area contributed by atoms with Gasteiger partial charge in [-0.1, -0.05) is 155 Å². The number of hydrogen-bond acceptors (Lipinski definition) is 3. The Morgan fingerprint density at radius 3 is 1.38 bits per heavy atom. The molecule has 3 nitrogen and oxygen atoms in total. The lowest BCUT2D eigenvalue weighted by Crippen LogP contribution is -2.44. The zero-order valence-corrected chi connectivity index (χ0v) is 30.3. The molecule has 7 aromatic rings. The number of anilines is 6. The van der Waals surface area contributed by atoms with E-state index in [1.165, 1.54) is 56.1 Å². The molecule has 0 aromatic heterocycles. The van der Waals surface area contributed by atoms with E-state index in [1.54, 1.807) is 0 Å². The minimum atomic E-state index is -0.723. The summed E-state index contributed by atoms with van der Waals surface area (Å²) in [6, 6.07) is 57.2. The molecule has 0 atom stereocenters. The summed E-state index contributed by atoms with van der Waals surface area (Å²) in [6.45, 7) is 9.38. The number of fused-ring (bicyclic) bond motifs is 12. The van der Waals surface area contributed by atoms with Gasteiger partial charge < -0.3 is 9.80 Å². The van der Waals surface area contributed by atoms with Crippen molar-refractivity contribution >= 4 is 39.9 Å². The van der Waals surface area contributed by atoms with Gasteiger partial charge in [0.15, 0.2) is 5.78 Å². The summed E-state index contributed by atoms with van der Waals surface area (Å²) in [5.74, 6) is 0.0852. The van der Waals surface area contributed by atoms with E-state index in [0.717, 1.165) is 33.6 Å². The van der Waals surface area contributed by atoms with Crippen molar-refractivity contribution in [2.75, 3.05) is 9.80 Å². The van der Waals surface area contributed by atoms with Crippen LogP contribution in [0.25, 0.3) is 0 Å². The Hall–Kier alpha value is -6.19. The fourth-order valence-corrected chi connectivity index (χ4v) is 10.4. The fourth-order valence-electron chi connectivity index (χ4n) is 10.4. The van der Waals surface area contributed by atoms with E-state index in [-0.39, 0.29) is 16.6 Å². The quantitative estimate of drug-likeness (QED) is 0.172. The van der Waals surface area contributed by atoms with Gasteiger partial charge >= 0.3 is 0 Å². The van der Waals surface area contributed by atoms with Crippen LogP contribution in [0.4, 0.5) is 34.1 Å². The second-order valence-electron chi connectivity index (χ2n) is 16.0. The van der Waals surface area contributed by atoms with E-state index < -0.39 is 5.41 Å². The molecule has 0 bridgehead atoms. The SMILES string of the molecule is CC1(C)c2ccccc2N(c2ccc3c(c2)N2c4ccccc4C(C)(C)c4cccc(c42)C32c3ccccc3C(=O)c3ccccc32)c2ccccc21. The summed E-state index contributed by atoms with van der Waals surface area (Å²) in [5.41, 5.74) is 17.1. The van der Waals surface area contributed by atoms with E-state index in [2.05, 4.69) is 171 Å². The number of carbonyl (C=O) groups excluding carboxylic acids is 1. The van der Waals surface area contributed by atoms with Crippen molar-refractivity contribution < 1.29 is 4.79 Å². The third-order valence-corrected chi connectivity index (χ3v) is 12.8. The Labute approximate surface area is 310 Å². The monoisotopic (exact) mass is 682 g/mol. The third kappa shape index (κ3) is 3.62. The van der Waals surface area contributed by atoms with Crippen molar-refractivity contribution in [1.82, 2.24) is 0 Å². The first-order valence-corrected chi connectivity index (χ1v) is 18.7. The smallest absolute Gasteiger partial charge is 0.193 e. The molecule has 4 aliphatic rings. The molecular weight excluding hydrogens is 645 g/mol. The Morgan fingerprint density at radius 1 is 0.377 bits per heavy atom. The first kappa shape index (κ1) is 30.4. The van der Waals surface area contributed by atoms with Crippen LogP contribution in [0.1, 0.15) is 88.1 Å². The molecule has 0 amide bonds. The number of benzene rings is 7. The highest BCUT2D eigenvalue weighted by atomic mass is 16.1. The van der Waals surface area contributed by atoms with Crippen LogP contribution < -0.4 is 9.80 Å². The Kier molecular flexibility index (Phi) is 5.88. The largest absolute Gasteiger partial charge is 0.310 e. The van der Waals surface area contributed by atoms with Crippen LogP contribution in [-0.2, 0) is 16.2 Å². The van der Waals surface area contributed by atoms with Crippen LogP contribution in [0.3, 0.4) is 0 Å². The number of carbonyl (C=O) groups is 1. The molecule has 1 aliphatic carbocycles. The zero-order chi connectivity index (χ0) is 35.9. The van der Waals surface area contributed by atoms with Crippen molar-refractivity contribution in [2.45, 2.75) is 43.9 Å². The van der Waals surface area contributed by atoms with E-state index in [9.17, 15) is 4.79 Å². The van der Waals surface area contributed by atoms with Crippen molar-refractivity contribution in [1.29, 1.82) is 0 Å². The molecule has 0 saturated carbocycles. The standard InChI is InChI=1S/C50H38N2O/c1-48(2)36-20-9-12-25-42(36)51(43-26-13-10-21-37(43)48)31-28-29-39-45(30-31)52-44-27-14-11-22-38(44)49(3,4)40-23-15-24-41(46(40)52)50(39)34-18-7-5-16-32(34)47(53)33-17-6-8-19-35(33)50/h5-30H,1-4H3. The summed E-state index contributed by atoms with van der Waals surface area (Å²) >= 11 is 0. The third-order valence-electron chi connectivity index (χ3n) is 12.8. The molecule has 53 heavy (non-hydrogen) atoms. The molecule has 11 rings (SSSR count). The van der Waals surface area contributed by atoms with Gasteiger partial charge in [0.25, 0.3) is 0 Å². The van der Waals surface area contributed by atoms with Crippen LogP contribution >= 0.6 is 0 Å². The molecule has 1 spiro atoms. The molecule has 0 radical (unpaired) electrons. The highest BCUT2D eigenvalue weighted by Gasteiger charge is 2.54. The van der Waals surface area contributed by atoms with Gasteiger partial charge in [-0.2, -0.15) is 0 Å². The summed E-state index contributed by atoms with van der Waals surface area (Å²) < 4.78 is 0. The summed E-state index contributed by atoms with van der Waals surface area (Å²) in [7, 11) is 0. The maximum Gasteiger partial charge on any atom is 0.193 e. The van der Waals surface area contributed by atoms with Crippen LogP contribution in [0, 0.1) is 0 Å². The molecule has 0 saturated heterocycles. The highest BCUT2D eigenvalue weighted by Crippen LogP contribution is 2.65. The average molecular weight is 683 g/mol. The highest BCUT2D eigenvalue weighted by molar-refractivity contribution is 6.15. The Bertz CT molecular complexity index is 2640. The van der Waals surface area contributed by atoms with E-state index in [1.807, 2.05) is 24.3 Å². The van der Waals surface area contributed by atoms with Gasteiger partial charge in [-0.15, -0.1) is 0 Å². The molecular formula is C50H38N2O. The minimum absolute atomic E-state index is 0.0852. The molecule has 0 N–H and O–H groups in total. The van der Waals surface area contributed by atoms with Crippen LogP contribution in [0.5, 0.6) is 0 Å². The van der Waals surface area contributed by atoms with Crippen molar-refractivity contribution in [2.24, 2.45) is 0 Å². The second kappa shape index (κ2) is 10.2. The van der Waals surface area contributed by atoms with E-state index in [0.29, 0.717) is 0 Å². The van der Waals surface area contributed by atoms with Gasteiger partial charge in [-0.05, 0) is 74.8 Å². The molecule has 0 fully saturated rings. The average Bonchev–Trinajstić information content (AvgIpc) is 3.19. The van der Waals surface area contributed by atoms with Crippen molar-refractivity contribution in [3.05, 3.63) is 213 Å². The van der Waals surface area contributed by atoms with Gasteiger partial charge in [0.2, 0.25) is 0 Å². The van der Waals surface area contributed by atoms with Crippen LogP contribution in [-0.4, -0.2) is 5.78 Å². The van der Waals surface area contributed by atoms with Gasteiger partial charge in [-0.3, -0.25) is 4.79 Å². The fraction of sp³-hybridized carbons (Fsp3) is 0.140. The lowest BCUT2D eigenvalue weighted by molar-refractivity contribution is 0.103. The second-order valence-corrected chi connectivity index (χ2v) is 16.0. The minimum Gasteiger partial charge on any atom is -0.310 e. The Morgan fingerprint density at radius 2 is 0.811 bits per heavy atom. The molecule has 3 heteroatoms. The van der Waals surface area contributed by atoms with Crippen LogP contribution in [0.15, 0.2) is 158 Å². The summed E-state index contributed by atoms with van der Waals surface area (Å²) in [4.78, 5) is 19.3. The number of para-hydroxylation sites is 4. The van der Waals surface area contributed by atoms with Crippen molar-refractivity contribution in [3.63, 3.8) is 0 Å². The summed E-state index contributed by atoms with van der Waals surface area (Å²) in [5, 5.41) is 0. The van der Waals surface area contributed by atoms with E-state index >= 15 is 0 Å². The predicted octanol–water partition coefficient (Wildman–Crippen LogP) is 12.1. The molecule has 0 unspecified atom stereocenters. The number of rotatable bonds is 1. The van der Waals surface area contributed by atoms with Gasteiger partial charge in [0.05, 0.1) is 33.9 Å². The molecule has 3 heterocycles. The molecule has 7 aromatic carbocycles. The zero-order valence-electron chi connectivity index (χ0n) is 30.3. The number of hydrogen-bond donors (Lipinski definition) is 0. The van der Waals surface area contributed by atoms with Crippen LogP contribution in [0.2, 0.25) is 0 Å². The summed E-state index contributed by atoms with van der Waals surface area (Å²) in [6.07, 6.45) is 0. The Balaban J connectivity index is 1.30. The molecule has 3 aliphatic heterocycles. The normalized spacial score (nSPS) is 17.1. The maximum absolute atomic E-state index is 14.4. The maximum atomic E-state index is 14.4. The van der Waals surface area contributed by atoms with Crippen molar-refractivity contribution in [3.8, 4) is 0 Å². The van der Waals surface area contributed by atoms with Gasteiger partial charge in [-0.25, -0.2) is 0 Å². The van der Waals surface area contributed by atoms with Gasteiger partial charge in [0, 0.05) is 27.6 Å². The molecule has 254 valence electrons. The predicted molar refractivity (Wildman–Crippen MR) is 215 cm³/mol. The first-order valence-electron chi connectivity index (χ1n) is 18.7. The van der Waals surface area contributed by atoms with E-state index in [4.69, 9.17) is 0 Å².